The van der Waals surface area contributed by atoms with Crippen molar-refractivity contribution in [3.63, 3.8) is 0 Å². The van der Waals surface area contributed by atoms with Crippen LogP contribution >= 0.6 is 0 Å². The Labute approximate surface area is 184 Å². The van der Waals surface area contributed by atoms with Gasteiger partial charge in [0.1, 0.15) is 5.69 Å². The Morgan fingerprint density at radius 1 is 1.13 bits per heavy atom. The Morgan fingerprint density at radius 2 is 1.77 bits per heavy atom. The van der Waals surface area contributed by atoms with Crippen molar-refractivity contribution in [3.8, 4) is 0 Å². The van der Waals surface area contributed by atoms with Crippen LogP contribution in [-0.4, -0.2) is 46.2 Å². The first-order valence-corrected chi connectivity index (χ1v) is 11.0. The van der Waals surface area contributed by atoms with Crippen LogP contribution in [0.2, 0.25) is 0 Å². The number of Topliss-reactive ketones (excluding diaryl/α,β-unsaturated/α-hetero) is 1. The van der Waals surface area contributed by atoms with E-state index in [1.54, 1.807) is 32.6 Å². The maximum absolute atomic E-state index is 13.5. The highest BCUT2D eigenvalue weighted by atomic mass is 16.5. The highest BCUT2D eigenvalue weighted by molar-refractivity contribution is 6.06. The van der Waals surface area contributed by atoms with Gasteiger partial charge < -0.3 is 14.6 Å². The van der Waals surface area contributed by atoms with Crippen molar-refractivity contribution in [2.24, 2.45) is 5.92 Å². The summed E-state index contributed by atoms with van der Waals surface area (Å²) in [5.41, 5.74) is 3.10. The van der Waals surface area contributed by atoms with E-state index in [0.29, 0.717) is 22.5 Å². The predicted octanol–water partition coefficient (Wildman–Crippen LogP) is 4.42. The van der Waals surface area contributed by atoms with Gasteiger partial charge in [-0.15, -0.1) is 0 Å². The molecule has 0 unspecified atom stereocenters. The molecule has 1 amide bonds. The first-order chi connectivity index (χ1) is 14.7. The highest BCUT2D eigenvalue weighted by Gasteiger charge is 2.47. The van der Waals surface area contributed by atoms with Crippen LogP contribution in [-0.2, 0) is 9.53 Å². The molecule has 1 fully saturated rings. The van der Waals surface area contributed by atoms with E-state index >= 15 is 0 Å². The third kappa shape index (κ3) is 4.43. The van der Waals surface area contributed by atoms with Gasteiger partial charge in [-0.3, -0.25) is 9.59 Å². The van der Waals surface area contributed by atoms with Crippen LogP contribution in [0.25, 0.3) is 0 Å². The number of ketones is 1. The molecule has 1 heterocycles. The summed E-state index contributed by atoms with van der Waals surface area (Å²) in [5.74, 6) is -0.510. The third-order valence-electron chi connectivity index (χ3n) is 6.11. The molecule has 0 aliphatic heterocycles. The number of nitrogens with zero attached hydrogens (tertiary/aromatic N) is 1. The van der Waals surface area contributed by atoms with Crippen LogP contribution < -0.4 is 0 Å². The maximum Gasteiger partial charge on any atom is 0.355 e. The average molecular weight is 425 g/mol. The summed E-state index contributed by atoms with van der Waals surface area (Å²) >= 11 is 0. The molecule has 3 atom stereocenters. The minimum absolute atomic E-state index is 0.0150. The fourth-order valence-electron chi connectivity index (χ4n) is 4.48. The maximum atomic E-state index is 13.5. The molecular formula is C25H32N2O4. The molecule has 1 N–H and O–H groups in total. The Hall–Kier alpha value is -2.89. The Kier molecular flexibility index (Phi) is 6.68. The normalized spacial score (nSPS) is 18.5. The summed E-state index contributed by atoms with van der Waals surface area (Å²) in [4.78, 5) is 43.7. The molecule has 166 valence electrons. The second-order valence-corrected chi connectivity index (χ2v) is 8.58. The zero-order valence-corrected chi connectivity index (χ0v) is 19.2. The molecule has 6 nitrogen and oxygen atoms in total. The second kappa shape index (κ2) is 9.08. The number of carbonyl (C=O) groups is 3. The Balaban J connectivity index is 1.82. The van der Waals surface area contributed by atoms with E-state index in [4.69, 9.17) is 4.74 Å². The second-order valence-electron chi connectivity index (χ2n) is 8.58. The summed E-state index contributed by atoms with van der Waals surface area (Å²) < 4.78 is 5.09. The van der Waals surface area contributed by atoms with E-state index in [2.05, 4.69) is 17.1 Å². The molecular weight excluding hydrogens is 392 g/mol. The largest absolute Gasteiger partial charge is 0.461 e. The van der Waals surface area contributed by atoms with E-state index in [0.717, 1.165) is 6.42 Å². The van der Waals surface area contributed by atoms with Crippen LogP contribution in [0.15, 0.2) is 30.3 Å². The van der Waals surface area contributed by atoms with Gasteiger partial charge in [0.05, 0.1) is 12.6 Å². The van der Waals surface area contributed by atoms with Crippen molar-refractivity contribution in [3.05, 3.63) is 58.4 Å². The molecule has 2 aromatic rings. The minimum Gasteiger partial charge on any atom is -0.461 e. The van der Waals surface area contributed by atoms with Gasteiger partial charge in [0.2, 0.25) is 5.91 Å². The summed E-state index contributed by atoms with van der Waals surface area (Å²) in [6, 6.07) is 9.29. The third-order valence-corrected chi connectivity index (χ3v) is 6.11. The van der Waals surface area contributed by atoms with Gasteiger partial charge in [0.15, 0.2) is 5.78 Å². The minimum atomic E-state index is -0.632. The molecule has 1 saturated carbocycles. The molecule has 0 radical (unpaired) electrons. The van der Waals surface area contributed by atoms with Gasteiger partial charge in [-0.1, -0.05) is 30.3 Å². The number of benzene rings is 1. The van der Waals surface area contributed by atoms with Crippen molar-refractivity contribution < 1.29 is 19.1 Å². The lowest BCUT2D eigenvalue weighted by Gasteiger charge is -2.32. The van der Waals surface area contributed by atoms with E-state index < -0.39 is 12.0 Å². The summed E-state index contributed by atoms with van der Waals surface area (Å²) in [6.45, 7) is 11.1. The molecule has 1 aliphatic rings. The SMILES string of the molecule is CCOC(=O)c1[nH]c(C)c(C(=O)[C@H](C)N(C(=O)[C@@H]2C[C@H]2c2ccccc2)C(C)C)c1C. The number of carbonyl (C=O) groups excluding carboxylic acids is 3. The van der Waals surface area contributed by atoms with Crippen molar-refractivity contribution >= 4 is 17.7 Å². The molecule has 1 aliphatic carbocycles. The summed E-state index contributed by atoms with van der Waals surface area (Å²) in [6.07, 6.45) is 0.808. The molecule has 1 aromatic heterocycles. The van der Waals surface area contributed by atoms with Gasteiger partial charge in [-0.05, 0) is 65.0 Å². The van der Waals surface area contributed by atoms with Crippen molar-refractivity contribution in [2.45, 2.75) is 66.0 Å². The van der Waals surface area contributed by atoms with Crippen LogP contribution in [0.1, 0.15) is 77.7 Å². The van der Waals surface area contributed by atoms with Crippen LogP contribution in [0, 0.1) is 19.8 Å². The predicted molar refractivity (Wildman–Crippen MR) is 119 cm³/mol. The van der Waals surface area contributed by atoms with Gasteiger partial charge in [0, 0.05) is 23.2 Å². The van der Waals surface area contributed by atoms with Crippen LogP contribution in [0.3, 0.4) is 0 Å². The first kappa shape index (κ1) is 22.8. The van der Waals surface area contributed by atoms with Gasteiger partial charge >= 0.3 is 5.97 Å². The van der Waals surface area contributed by atoms with Crippen molar-refractivity contribution in [1.82, 2.24) is 9.88 Å². The van der Waals surface area contributed by atoms with Crippen LogP contribution in [0.4, 0.5) is 0 Å². The highest BCUT2D eigenvalue weighted by Crippen LogP contribution is 2.48. The van der Waals surface area contributed by atoms with Gasteiger partial charge in [-0.25, -0.2) is 4.79 Å². The standard InChI is InChI=1S/C25H32N2O4/c1-7-31-25(30)22-15(4)21(16(5)26-22)23(28)17(6)27(14(2)3)24(29)20-13-19(20)18-11-9-8-10-12-18/h8-12,14,17,19-20,26H,7,13H2,1-6H3/t17-,19-,20+/m0/s1. The molecule has 0 bridgehead atoms. The number of amides is 1. The number of aromatic nitrogens is 1. The molecule has 1 aromatic carbocycles. The summed E-state index contributed by atoms with van der Waals surface area (Å²) in [7, 11) is 0. The van der Waals surface area contributed by atoms with E-state index in [-0.39, 0.29) is 36.2 Å². The number of rotatable bonds is 8. The van der Waals surface area contributed by atoms with Gasteiger partial charge in [-0.2, -0.15) is 0 Å². The lowest BCUT2D eigenvalue weighted by Crippen LogP contribution is -2.48. The topological polar surface area (TPSA) is 79.5 Å². The quantitative estimate of drug-likeness (QED) is 0.502. The fraction of sp³-hybridized carbons (Fsp3) is 0.480. The van der Waals surface area contributed by atoms with E-state index in [1.807, 2.05) is 32.0 Å². The van der Waals surface area contributed by atoms with E-state index in [1.165, 1.54) is 5.56 Å². The van der Waals surface area contributed by atoms with Crippen molar-refractivity contribution in [2.75, 3.05) is 6.61 Å². The molecule has 0 spiro atoms. The number of hydrogen-bond donors (Lipinski definition) is 1. The fourth-order valence-corrected chi connectivity index (χ4v) is 4.48. The molecule has 0 saturated heterocycles. The number of hydrogen-bond acceptors (Lipinski definition) is 4. The monoisotopic (exact) mass is 424 g/mol. The van der Waals surface area contributed by atoms with Gasteiger partial charge in [0.25, 0.3) is 0 Å². The number of nitrogens with one attached hydrogen (secondary N) is 1. The lowest BCUT2D eigenvalue weighted by atomic mass is 9.98. The number of aromatic amines is 1. The average Bonchev–Trinajstić information content (AvgIpc) is 3.47. The molecule has 3 rings (SSSR count). The zero-order chi connectivity index (χ0) is 22.9. The molecule has 31 heavy (non-hydrogen) atoms. The molecule has 6 heteroatoms. The number of esters is 1. The van der Waals surface area contributed by atoms with Crippen LogP contribution in [0.5, 0.6) is 0 Å². The van der Waals surface area contributed by atoms with E-state index in [9.17, 15) is 14.4 Å². The lowest BCUT2D eigenvalue weighted by molar-refractivity contribution is -0.135. The Bertz CT molecular complexity index is 977. The smallest absolute Gasteiger partial charge is 0.355 e. The zero-order valence-electron chi connectivity index (χ0n) is 19.2. The number of H-pyrrole nitrogens is 1. The van der Waals surface area contributed by atoms with Crippen molar-refractivity contribution in [1.29, 1.82) is 0 Å². The summed E-state index contributed by atoms with van der Waals surface area (Å²) in [5, 5.41) is 0. The first-order valence-electron chi connectivity index (χ1n) is 11.0. The Morgan fingerprint density at radius 3 is 2.35 bits per heavy atom. The number of ether oxygens (including phenoxy) is 1. The number of aryl methyl sites for hydroxylation is 1.